The molecule has 1 N–H and O–H groups in total. The van der Waals surface area contributed by atoms with E-state index in [4.69, 9.17) is 0 Å². The highest BCUT2D eigenvalue weighted by Gasteiger charge is 2.30. The average molecular weight is 328 g/mol. The molecule has 1 aliphatic rings. The van der Waals surface area contributed by atoms with Gasteiger partial charge in [-0.2, -0.15) is 5.10 Å². The van der Waals surface area contributed by atoms with E-state index in [0.717, 1.165) is 6.54 Å². The number of hydrogen-bond donors (Lipinski definition) is 1. The average Bonchev–Trinajstić information content (AvgIpc) is 2.78. The molecular formula is C15H26BrN3. The van der Waals surface area contributed by atoms with Gasteiger partial charge in [-0.25, -0.2) is 0 Å². The standard InChI is InChI=1S/C15H26BrN3/c1-4-9-17-14-8-6-5-7-12(14)15-13(16)10-18-19(15)11(2)3/h10-12,14,17H,4-9H2,1-3H3. The first-order valence-corrected chi connectivity index (χ1v) is 8.40. The second kappa shape index (κ2) is 6.89. The zero-order chi connectivity index (χ0) is 13.8. The molecule has 2 unspecified atom stereocenters. The zero-order valence-electron chi connectivity index (χ0n) is 12.3. The SMILES string of the molecule is CCCNC1CCCCC1c1c(Br)cnn1C(C)C. The molecule has 1 aliphatic carbocycles. The Balaban J connectivity index is 2.24. The minimum Gasteiger partial charge on any atom is -0.313 e. The van der Waals surface area contributed by atoms with Gasteiger partial charge in [-0.1, -0.05) is 19.8 Å². The molecule has 1 saturated carbocycles. The molecular weight excluding hydrogens is 302 g/mol. The van der Waals surface area contributed by atoms with Gasteiger partial charge in [0.05, 0.1) is 16.4 Å². The van der Waals surface area contributed by atoms with Crippen LogP contribution in [0, 0.1) is 0 Å². The largest absolute Gasteiger partial charge is 0.313 e. The van der Waals surface area contributed by atoms with E-state index in [1.54, 1.807) is 0 Å². The van der Waals surface area contributed by atoms with Gasteiger partial charge in [0.25, 0.3) is 0 Å². The highest BCUT2D eigenvalue weighted by atomic mass is 79.9. The summed E-state index contributed by atoms with van der Waals surface area (Å²) in [6, 6.07) is 1.04. The Morgan fingerprint density at radius 2 is 2.16 bits per heavy atom. The summed E-state index contributed by atoms with van der Waals surface area (Å²) in [6.45, 7) is 7.77. The molecule has 1 fully saturated rings. The summed E-state index contributed by atoms with van der Waals surface area (Å²) in [5.74, 6) is 0.597. The number of nitrogens with one attached hydrogen (secondary N) is 1. The molecule has 1 aromatic heterocycles. The van der Waals surface area contributed by atoms with Gasteiger partial charge in [-0.15, -0.1) is 0 Å². The fraction of sp³-hybridized carbons (Fsp3) is 0.800. The van der Waals surface area contributed by atoms with E-state index in [9.17, 15) is 0 Å². The molecule has 0 amide bonds. The monoisotopic (exact) mass is 327 g/mol. The predicted molar refractivity (Wildman–Crippen MR) is 83.6 cm³/mol. The van der Waals surface area contributed by atoms with E-state index in [1.165, 1.54) is 42.3 Å². The van der Waals surface area contributed by atoms with Crippen molar-refractivity contribution < 1.29 is 0 Å². The highest BCUT2D eigenvalue weighted by Crippen LogP contribution is 2.37. The molecule has 0 bridgehead atoms. The lowest BCUT2D eigenvalue weighted by atomic mass is 9.82. The molecule has 2 atom stereocenters. The van der Waals surface area contributed by atoms with Crippen molar-refractivity contribution in [2.24, 2.45) is 0 Å². The molecule has 2 rings (SSSR count). The molecule has 0 spiro atoms. The molecule has 0 aliphatic heterocycles. The van der Waals surface area contributed by atoms with Crippen LogP contribution in [-0.2, 0) is 0 Å². The molecule has 19 heavy (non-hydrogen) atoms. The van der Waals surface area contributed by atoms with Crippen LogP contribution in [-0.4, -0.2) is 22.4 Å². The van der Waals surface area contributed by atoms with Crippen molar-refractivity contribution in [3.8, 4) is 0 Å². The van der Waals surface area contributed by atoms with Crippen LogP contribution in [0.25, 0.3) is 0 Å². The molecule has 4 heteroatoms. The van der Waals surface area contributed by atoms with E-state index >= 15 is 0 Å². The Morgan fingerprint density at radius 3 is 2.84 bits per heavy atom. The minimum absolute atomic E-state index is 0.426. The van der Waals surface area contributed by atoms with E-state index < -0.39 is 0 Å². The summed E-state index contributed by atoms with van der Waals surface area (Å²) in [6.07, 6.45) is 8.42. The van der Waals surface area contributed by atoms with Crippen LogP contribution in [0.5, 0.6) is 0 Å². The Morgan fingerprint density at radius 1 is 1.42 bits per heavy atom. The Kier molecular flexibility index (Phi) is 5.46. The third-order valence-electron chi connectivity index (χ3n) is 4.05. The van der Waals surface area contributed by atoms with Gasteiger partial charge >= 0.3 is 0 Å². The van der Waals surface area contributed by atoms with Gasteiger partial charge < -0.3 is 5.32 Å². The maximum atomic E-state index is 4.55. The summed E-state index contributed by atoms with van der Waals surface area (Å²) in [7, 11) is 0. The third-order valence-corrected chi connectivity index (χ3v) is 4.66. The smallest absolute Gasteiger partial charge is 0.0635 e. The fourth-order valence-corrected chi connectivity index (χ4v) is 3.71. The van der Waals surface area contributed by atoms with Gasteiger partial charge in [0.1, 0.15) is 0 Å². The van der Waals surface area contributed by atoms with Crippen LogP contribution < -0.4 is 5.32 Å². The summed E-state index contributed by atoms with van der Waals surface area (Å²) >= 11 is 3.71. The van der Waals surface area contributed by atoms with Gasteiger partial charge in [-0.05, 0) is 55.6 Å². The lowest BCUT2D eigenvalue weighted by molar-refractivity contribution is 0.309. The van der Waals surface area contributed by atoms with Crippen LogP contribution in [0.2, 0.25) is 0 Å². The molecule has 0 radical (unpaired) electrons. The molecule has 108 valence electrons. The van der Waals surface area contributed by atoms with Crippen molar-refractivity contribution in [3.63, 3.8) is 0 Å². The van der Waals surface area contributed by atoms with Gasteiger partial charge in [-0.3, -0.25) is 4.68 Å². The molecule has 3 nitrogen and oxygen atoms in total. The molecule has 0 aromatic carbocycles. The second-order valence-electron chi connectivity index (χ2n) is 5.87. The topological polar surface area (TPSA) is 29.9 Å². The number of aromatic nitrogens is 2. The van der Waals surface area contributed by atoms with E-state index in [2.05, 4.69) is 51.8 Å². The summed E-state index contributed by atoms with van der Waals surface area (Å²) in [5.41, 5.74) is 1.39. The van der Waals surface area contributed by atoms with Crippen molar-refractivity contribution in [2.75, 3.05) is 6.54 Å². The van der Waals surface area contributed by atoms with E-state index in [0.29, 0.717) is 18.0 Å². The molecule has 1 aromatic rings. The Bertz CT molecular complexity index is 400. The van der Waals surface area contributed by atoms with Gasteiger partial charge in [0, 0.05) is 18.0 Å². The van der Waals surface area contributed by atoms with E-state index in [-0.39, 0.29) is 0 Å². The summed E-state index contributed by atoms with van der Waals surface area (Å²) in [5, 5.41) is 8.29. The van der Waals surface area contributed by atoms with Crippen LogP contribution in [0.4, 0.5) is 0 Å². The first kappa shape index (κ1) is 15.0. The van der Waals surface area contributed by atoms with Crippen molar-refractivity contribution in [2.45, 2.75) is 70.9 Å². The van der Waals surface area contributed by atoms with E-state index in [1.807, 2.05) is 6.20 Å². The maximum absolute atomic E-state index is 4.55. The van der Waals surface area contributed by atoms with Crippen molar-refractivity contribution >= 4 is 15.9 Å². The first-order valence-electron chi connectivity index (χ1n) is 7.61. The Labute approximate surface area is 125 Å². The maximum Gasteiger partial charge on any atom is 0.0635 e. The number of halogens is 1. The fourth-order valence-electron chi connectivity index (χ4n) is 3.14. The minimum atomic E-state index is 0.426. The van der Waals surface area contributed by atoms with Crippen LogP contribution in [0.3, 0.4) is 0 Å². The number of rotatable bonds is 5. The molecule has 0 saturated heterocycles. The van der Waals surface area contributed by atoms with Gasteiger partial charge in [0.15, 0.2) is 0 Å². The summed E-state index contributed by atoms with van der Waals surface area (Å²) < 4.78 is 3.37. The van der Waals surface area contributed by atoms with Crippen molar-refractivity contribution in [1.29, 1.82) is 0 Å². The Hall–Kier alpha value is -0.350. The van der Waals surface area contributed by atoms with Crippen molar-refractivity contribution in [3.05, 3.63) is 16.4 Å². The van der Waals surface area contributed by atoms with Crippen LogP contribution >= 0.6 is 15.9 Å². The third kappa shape index (κ3) is 3.40. The van der Waals surface area contributed by atoms with Gasteiger partial charge in [0.2, 0.25) is 0 Å². The van der Waals surface area contributed by atoms with Crippen molar-refractivity contribution in [1.82, 2.24) is 15.1 Å². The number of hydrogen-bond acceptors (Lipinski definition) is 2. The lowest BCUT2D eigenvalue weighted by Crippen LogP contribution is -2.38. The predicted octanol–water partition coefficient (Wildman–Crippen LogP) is 4.25. The quantitative estimate of drug-likeness (QED) is 0.875. The molecule has 1 heterocycles. The first-order chi connectivity index (χ1) is 9.15. The van der Waals surface area contributed by atoms with Crippen LogP contribution in [0.15, 0.2) is 10.7 Å². The number of nitrogens with zero attached hydrogens (tertiary/aromatic N) is 2. The second-order valence-corrected chi connectivity index (χ2v) is 6.72. The zero-order valence-corrected chi connectivity index (χ0v) is 13.9. The van der Waals surface area contributed by atoms with Crippen LogP contribution in [0.1, 0.15) is 70.5 Å². The highest BCUT2D eigenvalue weighted by molar-refractivity contribution is 9.10. The summed E-state index contributed by atoms with van der Waals surface area (Å²) in [4.78, 5) is 0. The lowest BCUT2D eigenvalue weighted by Gasteiger charge is -2.33. The normalized spacial score (nSPS) is 24.1.